The van der Waals surface area contributed by atoms with Gasteiger partial charge in [0.15, 0.2) is 0 Å². The average molecular weight is 357 g/mol. The van der Waals surface area contributed by atoms with Gasteiger partial charge in [0.2, 0.25) is 0 Å². The molecule has 0 heterocycles. The Labute approximate surface area is 152 Å². The van der Waals surface area contributed by atoms with Crippen LogP contribution in [0.15, 0.2) is 60.7 Å². The molecule has 7 heteroatoms. The van der Waals surface area contributed by atoms with Gasteiger partial charge >= 0.3 is 12.1 Å². The number of hydrazine groups is 1. The topological polar surface area (TPSA) is 117 Å². The maximum Gasteiger partial charge on any atom is 0.421 e. The molecule has 1 unspecified atom stereocenters. The summed E-state index contributed by atoms with van der Waals surface area (Å²) < 4.78 is 10.3. The molecule has 2 aromatic rings. The maximum atomic E-state index is 12.7. The van der Waals surface area contributed by atoms with E-state index in [1.807, 2.05) is 41.8 Å². The number of ether oxygens (including phenoxy) is 2. The van der Waals surface area contributed by atoms with Gasteiger partial charge < -0.3 is 15.2 Å². The van der Waals surface area contributed by atoms with Crippen LogP contribution in [0.5, 0.6) is 0 Å². The van der Waals surface area contributed by atoms with E-state index in [0.29, 0.717) is 12.0 Å². The third kappa shape index (κ3) is 5.30. The quantitative estimate of drug-likeness (QED) is 0.219. The number of nitrogens with two attached hydrogens (primary N) is 2. The second-order valence-electron chi connectivity index (χ2n) is 5.78. The lowest BCUT2D eigenvalue weighted by atomic mass is 9.86. The van der Waals surface area contributed by atoms with E-state index in [1.54, 1.807) is 24.3 Å². The minimum Gasteiger partial charge on any atom is -0.459 e. The van der Waals surface area contributed by atoms with Crippen molar-refractivity contribution < 1.29 is 19.1 Å². The number of hydrogen-bond acceptors (Lipinski definition) is 6. The van der Waals surface area contributed by atoms with Crippen molar-refractivity contribution in [2.75, 3.05) is 6.61 Å². The molecule has 2 rings (SSSR count). The summed E-state index contributed by atoms with van der Waals surface area (Å²) in [4.78, 5) is 23.8. The zero-order valence-corrected chi connectivity index (χ0v) is 14.4. The summed E-state index contributed by atoms with van der Waals surface area (Å²) in [5, 5.41) is 0. The fourth-order valence-corrected chi connectivity index (χ4v) is 2.51. The molecule has 0 radical (unpaired) electrons. The lowest BCUT2D eigenvalue weighted by Gasteiger charge is -2.28. The molecule has 0 spiro atoms. The molecule has 1 amide bonds. The summed E-state index contributed by atoms with van der Waals surface area (Å²) in [6.45, 7) is 0.221. The third-order valence-corrected chi connectivity index (χ3v) is 3.93. The normalized spacial score (nSPS) is 12.7. The van der Waals surface area contributed by atoms with Crippen molar-refractivity contribution in [3.05, 3.63) is 71.8 Å². The van der Waals surface area contributed by atoms with Crippen LogP contribution >= 0.6 is 0 Å². The predicted octanol–water partition coefficient (Wildman–Crippen LogP) is 1.96. The fraction of sp³-hybridized carbons (Fsp3) is 0.263. The standard InChI is InChI=1S/C19H23N3O4/c20-19(16-10-5-2-6-11-16,12-7-13-25-18(24)22-21)17(23)26-14-15-8-3-1-4-9-15/h1-6,8-11H,7,12-14,20-21H2,(H,22,24). The molecule has 0 aromatic heterocycles. The van der Waals surface area contributed by atoms with E-state index in [-0.39, 0.29) is 19.6 Å². The summed E-state index contributed by atoms with van der Waals surface area (Å²) >= 11 is 0. The Balaban J connectivity index is 2.04. The molecule has 0 saturated heterocycles. The smallest absolute Gasteiger partial charge is 0.421 e. The highest BCUT2D eigenvalue weighted by atomic mass is 16.6. The van der Waals surface area contributed by atoms with Gasteiger partial charge in [-0.15, -0.1) is 0 Å². The summed E-state index contributed by atoms with van der Waals surface area (Å²) in [6.07, 6.45) is -0.110. The summed E-state index contributed by atoms with van der Waals surface area (Å²) in [6, 6.07) is 18.4. The number of nitrogens with one attached hydrogen (secondary N) is 1. The number of hydrogen-bond donors (Lipinski definition) is 3. The van der Waals surface area contributed by atoms with E-state index in [0.717, 1.165) is 5.56 Å². The Bertz CT molecular complexity index is 709. The number of carbonyl (C=O) groups excluding carboxylic acids is 2. The van der Waals surface area contributed by atoms with Crippen LogP contribution in [0.25, 0.3) is 0 Å². The molecule has 26 heavy (non-hydrogen) atoms. The van der Waals surface area contributed by atoms with E-state index in [1.165, 1.54) is 0 Å². The molecule has 0 aliphatic rings. The second-order valence-corrected chi connectivity index (χ2v) is 5.78. The van der Waals surface area contributed by atoms with Crippen LogP contribution in [0.4, 0.5) is 4.79 Å². The number of esters is 1. The molecule has 5 N–H and O–H groups in total. The van der Waals surface area contributed by atoms with Crippen LogP contribution in [-0.2, 0) is 26.4 Å². The first kappa shape index (κ1) is 19.4. The number of benzene rings is 2. The molecule has 0 fully saturated rings. The largest absolute Gasteiger partial charge is 0.459 e. The minimum atomic E-state index is -1.33. The Morgan fingerprint density at radius 3 is 2.19 bits per heavy atom. The molecule has 0 saturated carbocycles. The van der Waals surface area contributed by atoms with Crippen molar-refractivity contribution in [1.29, 1.82) is 0 Å². The Morgan fingerprint density at radius 1 is 0.962 bits per heavy atom. The van der Waals surface area contributed by atoms with Gasteiger partial charge in [-0.3, -0.25) is 5.43 Å². The van der Waals surface area contributed by atoms with Crippen LogP contribution < -0.4 is 17.0 Å². The van der Waals surface area contributed by atoms with Gasteiger partial charge in [-0.2, -0.15) is 0 Å². The van der Waals surface area contributed by atoms with E-state index in [2.05, 4.69) is 0 Å². The van der Waals surface area contributed by atoms with Crippen molar-refractivity contribution in [3.8, 4) is 0 Å². The molecule has 7 nitrogen and oxygen atoms in total. The van der Waals surface area contributed by atoms with E-state index < -0.39 is 17.6 Å². The molecule has 0 bridgehead atoms. The molecule has 0 aliphatic carbocycles. The molecule has 138 valence electrons. The Kier molecular flexibility index (Phi) is 7.13. The first-order chi connectivity index (χ1) is 12.6. The fourth-order valence-electron chi connectivity index (χ4n) is 2.51. The number of carbonyl (C=O) groups is 2. The van der Waals surface area contributed by atoms with Crippen LogP contribution in [0, 0.1) is 0 Å². The first-order valence-electron chi connectivity index (χ1n) is 8.25. The van der Waals surface area contributed by atoms with Crippen molar-refractivity contribution in [3.63, 3.8) is 0 Å². The minimum absolute atomic E-state index is 0.0841. The van der Waals surface area contributed by atoms with Crippen LogP contribution in [0.1, 0.15) is 24.0 Å². The highest BCUT2D eigenvalue weighted by Crippen LogP contribution is 2.26. The average Bonchev–Trinajstić information content (AvgIpc) is 2.70. The van der Waals surface area contributed by atoms with Crippen LogP contribution in [-0.4, -0.2) is 18.7 Å². The van der Waals surface area contributed by atoms with E-state index in [9.17, 15) is 9.59 Å². The monoisotopic (exact) mass is 357 g/mol. The highest BCUT2D eigenvalue weighted by Gasteiger charge is 2.37. The van der Waals surface area contributed by atoms with Crippen molar-refractivity contribution in [1.82, 2.24) is 5.43 Å². The second kappa shape index (κ2) is 9.55. The van der Waals surface area contributed by atoms with Crippen LogP contribution in [0.3, 0.4) is 0 Å². The lowest BCUT2D eigenvalue weighted by Crippen LogP contribution is -2.46. The molecule has 0 aliphatic heterocycles. The molecular weight excluding hydrogens is 334 g/mol. The first-order valence-corrected chi connectivity index (χ1v) is 8.25. The number of amides is 1. The van der Waals surface area contributed by atoms with Gasteiger partial charge in [-0.25, -0.2) is 15.4 Å². The summed E-state index contributed by atoms with van der Waals surface area (Å²) in [7, 11) is 0. The van der Waals surface area contributed by atoms with Gasteiger partial charge in [-0.05, 0) is 24.0 Å². The van der Waals surface area contributed by atoms with Gasteiger partial charge in [0.1, 0.15) is 12.1 Å². The SMILES string of the molecule is NNC(=O)OCCCC(N)(C(=O)OCc1ccccc1)c1ccccc1. The highest BCUT2D eigenvalue weighted by molar-refractivity contribution is 5.82. The predicted molar refractivity (Wildman–Crippen MR) is 96.5 cm³/mol. The maximum absolute atomic E-state index is 12.7. The number of rotatable bonds is 8. The molecule has 1 atom stereocenters. The van der Waals surface area contributed by atoms with E-state index in [4.69, 9.17) is 21.1 Å². The zero-order chi connectivity index (χ0) is 18.8. The van der Waals surface area contributed by atoms with Gasteiger partial charge in [0.05, 0.1) is 6.61 Å². The molecular formula is C19H23N3O4. The van der Waals surface area contributed by atoms with Gasteiger partial charge in [0.25, 0.3) is 0 Å². The van der Waals surface area contributed by atoms with Gasteiger partial charge in [-0.1, -0.05) is 60.7 Å². The van der Waals surface area contributed by atoms with Crippen molar-refractivity contribution in [2.24, 2.45) is 11.6 Å². The summed E-state index contributed by atoms with van der Waals surface area (Å²) in [5.41, 5.74) is 8.47. The van der Waals surface area contributed by atoms with Crippen molar-refractivity contribution >= 4 is 12.1 Å². The van der Waals surface area contributed by atoms with Gasteiger partial charge in [0, 0.05) is 0 Å². The lowest BCUT2D eigenvalue weighted by molar-refractivity contribution is -0.152. The zero-order valence-electron chi connectivity index (χ0n) is 14.4. The third-order valence-electron chi connectivity index (χ3n) is 3.93. The summed E-state index contributed by atoms with van der Waals surface area (Å²) in [5.74, 6) is 4.42. The van der Waals surface area contributed by atoms with Crippen LogP contribution in [0.2, 0.25) is 0 Å². The van der Waals surface area contributed by atoms with E-state index >= 15 is 0 Å². The van der Waals surface area contributed by atoms with Crippen molar-refractivity contribution in [2.45, 2.75) is 25.0 Å². The Hall–Kier alpha value is -2.90. The Morgan fingerprint density at radius 2 is 1.58 bits per heavy atom. The molecule has 2 aromatic carbocycles.